The maximum Gasteiger partial charge on any atom is 0.347 e. The van der Waals surface area contributed by atoms with Gasteiger partial charge < -0.3 is 9.84 Å². The van der Waals surface area contributed by atoms with Crippen molar-refractivity contribution in [1.82, 2.24) is 4.98 Å². The summed E-state index contributed by atoms with van der Waals surface area (Å²) in [5.41, 5.74) is 3.52. The molecule has 134 valence electrons. The second-order valence-corrected chi connectivity index (χ2v) is 7.24. The first-order valence-electron chi connectivity index (χ1n) is 8.19. The van der Waals surface area contributed by atoms with Crippen LogP contribution in [0, 0.1) is 6.92 Å². The van der Waals surface area contributed by atoms with Gasteiger partial charge in [-0.1, -0.05) is 42.8 Å². The summed E-state index contributed by atoms with van der Waals surface area (Å²) in [6.07, 6.45) is 0.554. The number of rotatable bonds is 6. The summed E-state index contributed by atoms with van der Waals surface area (Å²) in [7, 11) is 0. The van der Waals surface area contributed by atoms with Crippen molar-refractivity contribution in [2.75, 3.05) is 0 Å². The number of benzene rings is 2. The molecule has 1 N–H and O–H groups in total. The largest absolute Gasteiger partial charge is 0.488 e. The van der Waals surface area contributed by atoms with Crippen molar-refractivity contribution >= 4 is 28.9 Å². The summed E-state index contributed by atoms with van der Waals surface area (Å²) in [5, 5.41) is 10.5. The maximum atomic E-state index is 11.4. The Morgan fingerprint density at radius 2 is 2.04 bits per heavy atom. The van der Waals surface area contributed by atoms with E-state index in [1.54, 1.807) is 18.2 Å². The molecule has 0 unspecified atom stereocenters. The molecule has 0 radical (unpaired) electrons. The number of ether oxygens (including phenoxy) is 1. The Morgan fingerprint density at radius 3 is 2.69 bits per heavy atom. The van der Waals surface area contributed by atoms with Gasteiger partial charge >= 0.3 is 5.97 Å². The quantitative estimate of drug-likeness (QED) is 0.597. The van der Waals surface area contributed by atoms with Crippen LogP contribution in [0.25, 0.3) is 10.6 Å². The second-order valence-electron chi connectivity index (χ2n) is 5.81. The first kappa shape index (κ1) is 18.4. The van der Waals surface area contributed by atoms with Crippen LogP contribution >= 0.6 is 22.9 Å². The van der Waals surface area contributed by atoms with E-state index in [9.17, 15) is 9.90 Å². The minimum atomic E-state index is -0.963. The number of hydrogen-bond acceptors (Lipinski definition) is 4. The summed E-state index contributed by atoms with van der Waals surface area (Å²) in [6, 6.07) is 13.3. The SMILES string of the molecule is CCc1nc(-c2cc(Cl)ccc2OCc2ccccc2C)sc1C(=O)O. The lowest BCUT2D eigenvalue weighted by Crippen LogP contribution is -1.99. The van der Waals surface area contributed by atoms with Gasteiger partial charge in [-0.3, -0.25) is 0 Å². The molecule has 6 heteroatoms. The van der Waals surface area contributed by atoms with E-state index >= 15 is 0 Å². The molecule has 0 bridgehead atoms. The maximum absolute atomic E-state index is 11.4. The first-order valence-corrected chi connectivity index (χ1v) is 9.39. The minimum Gasteiger partial charge on any atom is -0.488 e. The van der Waals surface area contributed by atoms with Crippen LogP contribution in [0.1, 0.15) is 33.4 Å². The highest BCUT2D eigenvalue weighted by molar-refractivity contribution is 7.17. The van der Waals surface area contributed by atoms with E-state index in [0.29, 0.717) is 40.1 Å². The zero-order chi connectivity index (χ0) is 18.7. The van der Waals surface area contributed by atoms with Crippen LogP contribution in [0.2, 0.25) is 5.02 Å². The van der Waals surface area contributed by atoms with Gasteiger partial charge in [0.2, 0.25) is 0 Å². The van der Waals surface area contributed by atoms with Gasteiger partial charge in [0, 0.05) is 5.02 Å². The van der Waals surface area contributed by atoms with Crippen molar-refractivity contribution in [3.63, 3.8) is 0 Å². The Hall–Kier alpha value is -2.37. The topological polar surface area (TPSA) is 59.4 Å². The smallest absolute Gasteiger partial charge is 0.347 e. The van der Waals surface area contributed by atoms with Gasteiger partial charge in [-0.2, -0.15) is 0 Å². The molecule has 1 heterocycles. The van der Waals surface area contributed by atoms with Crippen LogP contribution in [0.4, 0.5) is 0 Å². The molecule has 26 heavy (non-hydrogen) atoms. The number of aromatic carboxylic acids is 1. The van der Waals surface area contributed by atoms with Crippen molar-refractivity contribution < 1.29 is 14.6 Å². The van der Waals surface area contributed by atoms with Gasteiger partial charge in [-0.05, 0) is 42.7 Å². The Kier molecular flexibility index (Phi) is 5.59. The Labute approximate surface area is 161 Å². The highest BCUT2D eigenvalue weighted by atomic mass is 35.5. The predicted octanol–water partition coefficient (Wildman–Crippen LogP) is 5.61. The molecule has 3 rings (SSSR count). The molecule has 0 atom stereocenters. The molecule has 0 saturated heterocycles. The van der Waals surface area contributed by atoms with Crippen LogP contribution in [0.5, 0.6) is 5.75 Å². The summed E-state index contributed by atoms with van der Waals surface area (Å²) < 4.78 is 6.02. The zero-order valence-corrected chi connectivity index (χ0v) is 16.0. The number of nitrogens with zero attached hydrogens (tertiary/aromatic N) is 1. The third-order valence-electron chi connectivity index (χ3n) is 4.04. The summed E-state index contributed by atoms with van der Waals surface area (Å²) >= 11 is 7.30. The molecule has 1 aromatic heterocycles. The Morgan fingerprint density at radius 1 is 1.27 bits per heavy atom. The van der Waals surface area contributed by atoms with Gasteiger partial charge in [0.05, 0.1) is 11.3 Å². The standard InChI is InChI=1S/C20H18ClNO3S/c1-3-16-18(20(23)24)26-19(22-16)15-10-14(21)8-9-17(15)25-11-13-7-5-4-6-12(13)2/h4-10H,3,11H2,1-2H3,(H,23,24). The second kappa shape index (κ2) is 7.89. The van der Waals surface area contributed by atoms with Crippen molar-refractivity contribution in [2.45, 2.75) is 26.9 Å². The normalized spacial score (nSPS) is 10.7. The van der Waals surface area contributed by atoms with Crippen LogP contribution in [-0.2, 0) is 13.0 Å². The highest BCUT2D eigenvalue weighted by Gasteiger charge is 2.19. The van der Waals surface area contributed by atoms with Crippen LogP contribution in [0.15, 0.2) is 42.5 Å². The van der Waals surface area contributed by atoms with E-state index in [1.165, 1.54) is 0 Å². The monoisotopic (exact) mass is 387 g/mol. The lowest BCUT2D eigenvalue weighted by atomic mass is 10.1. The lowest BCUT2D eigenvalue weighted by Gasteiger charge is -2.12. The first-order chi connectivity index (χ1) is 12.5. The Balaban J connectivity index is 1.96. The number of carboxylic acid groups (broad SMARTS) is 1. The molecule has 0 aliphatic heterocycles. The molecule has 0 fully saturated rings. The van der Waals surface area contributed by atoms with E-state index in [4.69, 9.17) is 16.3 Å². The molecule has 0 amide bonds. The van der Waals surface area contributed by atoms with E-state index in [0.717, 1.165) is 22.5 Å². The fourth-order valence-corrected chi connectivity index (χ4v) is 3.78. The summed E-state index contributed by atoms with van der Waals surface area (Å²) in [6.45, 7) is 4.34. The number of aryl methyl sites for hydroxylation is 2. The molecular weight excluding hydrogens is 370 g/mol. The third-order valence-corrected chi connectivity index (χ3v) is 5.40. The number of carboxylic acids is 1. The van der Waals surface area contributed by atoms with Gasteiger partial charge in [0.1, 0.15) is 22.2 Å². The molecule has 3 aromatic rings. The fraction of sp³-hybridized carbons (Fsp3) is 0.200. The van der Waals surface area contributed by atoms with Crippen molar-refractivity contribution in [3.8, 4) is 16.3 Å². The summed E-state index contributed by atoms with van der Waals surface area (Å²) in [4.78, 5) is 16.2. The average Bonchev–Trinajstić information content (AvgIpc) is 3.06. The Bertz CT molecular complexity index is 952. The van der Waals surface area contributed by atoms with Gasteiger partial charge in [-0.25, -0.2) is 9.78 Å². The van der Waals surface area contributed by atoms with Gasteiger partial charge in [0.25, 0.3) is 0 Å². The molecule has 0 saturated carbocycles. The molecular formula is C20H18ClNO3S. The van der Waals surface area contributed by atoms with E-state index < -0.39 is 5.97 Å². The summed E-state index contributed by atoms with van der Waals surface area (Å²) in [5.74, 6) is -0.332. The van der Waals surface area contributed by atoms with Gasteiger partial charge in [-0.15, -0.1) is 11.3 Å². The van der Waals surface area contributed by atoms with E-state index in [-0.39, 0.29) is 4.88 Å². The fourth-order valence-electron chi connectivity index (χ4n) is 2.60. The molecule has 4 nitrogen and oxygen atoms in total. The average molecular weight is 388 g/mol. The highest BCUT2D eigenvalue weighted by Crippen LogP contribution is 2.37. The number of aromatic nitrogens is 1. The minimum absolute atomic E-state index is 0.257. The third kappa shape index (κ3) is 3.89. The molecule has 0 spiro atoms. The van der Waals surface area contributed by atoms with Crippen molar-refractivity contribution in [3.05, 3.63) is 69.2 Å². The molecule has 0 aliphatic rings. The predicted molar refractivity (Wildman–Crippen MR) is 104 cm³/mol. The zero-order valence-electron chi connectivity index (χ0n) is 14.5. The van der Waals surface area contributed by atoms with Crippen molar-refractivity contribution in [1.29, 1.82) is 0 Å². The number of halogens is 1. The van der Waals surface area contributed by atoms with Crippen LogP contribution in [-0.4, -0.2) is 16.1 Å². The van der Waals surface area contributed by atoms with Crippen LogP contribution < -0.4 is 4.74 Å². The van der Waals surface area contributed by atoms with E-state index in [2.05, 4.69) is 4.98 Å². The number of hydrogen-bond donors (Lipinski definition) is 1. The van der Waals surface area contributed by atoms with Crippen LogP contribution in [0.3, 0.4) is 0 Å². The van der Waals surface area contributed by atoms with E-state index in [1.807, 2.05) is 38.1 Å². The lowest BCUT2D eigenvalue weighted by molar-refractivity contribution is 0.0701. The number of carbonyl (C=O) groups is 1. The van der Waals surface area contributed by atoms with Gasteiger partial charge in [0.15, 0.2) is 0 Å². The van der Waals surface area contributed by atoms with Crippen molar-refractivity contribution in [2.24, 2.45) is 0 Å². The molecule has 0 aliphatic carbocycles. The molecule has 2 aromatic carbocycles. The number of thiazole rings is 1.